The number of halogens is 3. The van der Waals surface area contributed by atoms with E-state index in [4.69, 9.17) is 17.3 Å². The van der Waals surface area contributed by atoms with Crippen LogP contribution in [0.2, 0.25) is 5.02 Å². The second-order valence-corrected chi connectivity index (χ2v) is 2.63. The number of nitrogens with zero attached hydrogens (tertiary/aromatic N) is 1. The Morgan fingerprint density at radius 1 is 1.62 bits per heavy atom. The number of alkyl halides is 2. The zero-order chi connectivity index (χ0) is 10.0. The van der Waals surface area contributed by atoms with Gasteiger partial charge in [0.05, 0.1) is 5.02 Å². The standard InChI is InChI=1S/C7H5ClF2N2O/c8-5-3(2-13)1-4(11)12-6(5)7(9)10/h1-2,7H,(H2,11,12). The first kappa shape index (κ1) is 9.85. The normalized spacial score (nSPS) is 10.5. The van der Waals surface area contributed by atoms with Crippen molar-refractivity contribution in [1.82, 2.24) is 4.98 Å². The summed E-state index contributed by atoms with van der Waals surface area (Å²) in [5.74, 6) is -0.151. The molecule has 2 N–H and O–H groups in total. The van der Waals surface area contributed by atoms with Crippen molar-refractivity contribution in [3.63, 3.8) is 0 Å². The summed E-state index contributed by atoms with van der Waals surface area (Å²) in [5.41, 5.74) is 4.44. The summed E-state index contributed by atoms with van der Waals surface area (Å²) in [4.78, 5) is 13.7. The van der Waals surface area contributed by atoms with Crippen LogP contribution in [0.4, 0.5) is 14.6 Å². The van der Waals surface area contributed by atoms with Crippen LogP contribution >= 0.6 is 11.6 Å². The van der Waals surface area contributed by atoms with Crippen molar-refractivity contribution in [3.05, 3.63) is 22.3 Å². The molecule has 1 rings (SSSR count). The van der Waals surface area contributed by atoms with Gasteiger partial charge in [0, 0.05) is 5.56 Å². The summed E-state index contributed by atoms with van der Waals surface area (Å²) in [7, 11) is 0. The molecule has 0 spiro atoms. The molecule has 0 aliphatic heterocycles. The molecule has 0 bridgehead atoms. The lowest BCUT2D eigenvalue weighted by Crippen LogP contribution is -2.00. The molecule has 3 nitrogen and oxygen atoms in total. The maximum Gasteiger partial charge on any atom is 0.281 e. The Kier molecular flexibility index (Phi) is 2.77. The number of aromatic nitrogens is 1. The third kappa shape index (κ3) is 1.92. The summed E-state index contributed by atoms with van der Waals surface area (Å²) in [5, 5.41) is -0.348. The molecule has 13 heavy (non-hydrogen) atoms. The minimum absolute atomic E-state index is 0.0792. The van der Waals surface area contributed by atoms with E-state index in [2.05, 4.69) is 4.98 Å². The van der Waals surface area contributed by atoms with Crippen LogP contribution in [-0.4, -0.2) is 11.3 Å². The highest BCUT2D eigenvalue weighted by Crippen LogP contribution is 2.28. The fourth-order valence-corrected chi connectivity index (χ4v) is 1.05. The molecule has 0 fully saturated rings. The predicted molar refractivity (Wildman–Crippen MR) is 44.0 cm³/mol. The molecule has 0 saturated carbocycles. The average molecular weight is 207 g/mol. The van der Waals surface area contributed by atoms with Crippen molar-refractivity contribution < 1.29 is 13.6 Å². The Hall–Kier alpha value is -1.23. The van der Waals surface area contributed by atoms with Gasteiger partial charge in [0.15, 0.2) is 6.29 Å². The van der Waals surface area contributed by atoms with Gasteiger partial charge in [-0.05, 0) is 6.07 Å². The van der Waals surface area contributed by atoms with E-state index in [-0.39, 0.29) is 16.4 Å². The first-order valence-corrected chi connectivity index (χ1v) is 3.63. The van der Waals surface area contributed by atoms with Gasteiger partial charge < -0.3 is 5.73 Å². The molecule has 0 atom stereocenters. The van der Waals surface area contributed by atoms with E-state index in [0.717, 1.165) is 6.07 Å². The molecule has 70 valence electrons. The van der Waals surface area contributed by atoms with E-state index in [1.807, 2.05) is 0 Å². The number of carbonyl (C=O) groups excluding carboxylic acids is 1. The van der Waals surface area contributed by atoms with E-state index < -0.39 is 12.1 Å². The van der Waals surface area contributed by atoms with Crippen LogP contribution in [0, 0.1) is 0 Å². The molecule has 0 saturated heterocycles. The summed E-state index contributed by atoms with van der Waals surface area (Å²) in [6.07, 6.45) is -2.48. The number of nitrogens with two attached hydrogens (primary N) is 1. The summed E-state index contributed by atoms with van der Waals surface area (Å²) >= 11 is 5.45. The molecule has 1 heterocycles. The molecule has 0 unspecified atom stereocenters. The van der Waals surface area contributed by atoms with Gasteiger partial charge in [-0.2, -0.15) is 0 Å². The SMILES string of the molecule is Nc1cc(C=O)c(Cl)c(C(F)F)n1. The number of rotatable bonds is 2. The monoisotopic (exact) mass is 206 g/mol. The zero-order valence-electron chi connectivity index (χ0n) is 6.30. The van der Waals surface area contributed by atoms with Gasteiger partial charge in [-0.25, -0.2) is 13.8 Å². The van der Waals surface area contributed by atoms with Crippen molar-refractivity contribution >= 4 is 23.7 Å². The molecule has 0 aliphatic carbocycles. The fraction of sp³-hybridized carbons (Fsp3) is 0.143. The van der Waals surface area contributed by atoms with Gasteiger partial charge in [0.1, 0.15) is 11.5 Å². The third-order valence-corrected chi connectivity index (χ3v) is 1.78. The maximum atomic E-state index is 12.2. The number of carbonyl (C=O) groups is 1. The highest BCUT2D eigenvalue weighted by atomic mass is 35.5. The molecule has 0 radical (unpaired) electrons. The molecular weight excluding hydrogens is 202 g/mol. The van der Waals surface area contributed by atoms with Gasteiger partial charge in [0.25, 0.3) is 6.43 Å². The van der Waals surface area contributed by atoms with Gasteiger partial charge in [-0.3, -0.25) is 4.79 Å². The van der Waals surface area contributed by atoms with Crippen molar-refractivity contribution in [2.45, 2.75) is 6.43 Å². The van der Waals surface area contributed by atoms with E-state index in [1.54, 1.807) is 0 Å². The number of hydrogen-bond acceptors (Lipinski definition) is 3. The van der Waals surface area contributed by atoms with E-state index in [1.165, 1.54) is 0 Å². The quantitative estimate of drug-likeness (QED) is 0.754. The minimum Gasteiger partial charge on any atom is -0.384 e. The second-order valence-electron chi connectivity index (χ2n) is 2.25. The highest BCUT2D eigenvalue weighted by molar-refractivity contribution is 6.33. The van der Waals surface area contributed by atoms with E-state index in [0.29, 0.717) is 6.29 Å². The Balaban J connectivity index is 3.35. The van der Waals surface area contributed by atoms with Gasteiger partial charge >= 0.3 is 0 Å². The van der Waals surface area contributed by atoms with Gasteiger partial charge in [0.2, 0.25) is 0 Å². The first-order chi connectivity index (χ1) is 6.06. The van der Waals surface area contributed by atoms with E-state index >= 15 is 0 Å². The number of aldehydes is 1. The van der Waals surface area contributed by atoms with Crippen molar-refractivity contribution in [1.29, 1.82) is 0 Å². The van der Waals surface area contributed by atoms with Crippen LogP contribution in [0.25, 0.3) is 0 Å². The molecule has 0 amide bonds. The largest absolute Gasteiger partial charge is 0.384 e. The molecule has 0 aliphatic rings. The van der Waals surface area contributed by atoms with Crippen LogP contribution in [0.15, 0.2) is 6.07 Å². The Bertz CT molecular complexity index is 344. The van der Waals surface area contributed by atoms with Crippen molar-refractivity contribution in [3.8, 4) is 0 Å². The zero-order valence-corrected chi connectivity index (χ0v) is 7.05. The number of pyridine rings is 1. The third-order valence-electron chi connectivity index (χ3n) is 1.36. The smallest absolute Gasteiger partial charge is 0.281 e. The molecular formula is C7H5ClF2N2O. The molecule has 1 aromatic rings. The molecule has 0 aromatic carbocycles. The second kappa shape index (κ2) is 3.66. The number of anilines is 1. The average Bonchev–Trinajstić information content (AvgIpc) is 2.08. The van der Waals surface area contributed by atoms with Crippen LogP contribution in [0.5, 0.6) is 0 Å². The highest BCUT2D eigenvalue weighted by Gasteiger charge is 2.17. The lowest BCUT2D eigenvalue weighted by Gasteiger charge is -2.04. The predicted octanol–water partition coefficient (Wildman–Crippen LogP) is 2.07. The minimum atomic E-state index is -2.84. The number of nitrogen functional groups attached to an aromatic ring is 1. The maximum absolute atomic E-state index is 12.2. The first-order valence-electron chi connectivity index (χ1n) is 3.25. The Morgan fingerprint density at radius 3 is 2.69 bits per heavy atom. The van der Waals surface area contributed by atoms with Crippen molar-refractivity contribution in [2.75, 3.05) is 5.73 Å². The Labute approximate surface area is 77.5 Å². The van der Waals surface area contributed by atoms with Crippen LogP contribution in [-0.2, 0) is 0 Å². The molecule has 1 aromatic heterocycles. The Morgan fingerprint density at radius 2 is 2.23 bits per heavy atom. The van der Waals surface area contributed by atoms with Crippen LogP contribution in [0.3, 0.4) is 0 Å². The van der Waals surface area contributed by atoms with Gasteiger partial charge in [-0.15, -0.1) is 0 Å². The van der Waals surface area contributed by atoms with Crippen LogP contribution < -0.4 is 5.73 Å². The summed E-state index contributed by atoms with van der Waals surface area (Å²) < 4.78 is 24.4. The van der Waals surface area contributed by atoms with Gasteiger partial charge in [-0.1, -0.05) is 11.6 Å². The summed E-state index contributed by atoms with van der Waals surface area (Å²) in [6, 6.07) is 1.14. The van der Waals surface area contributed by atoms with Crippen molar-refractivity contribution in [2.24, 2.45) is 0 Å². The van der Waals surface area contributed by atoms with E-state index in [9.17, 15) is 13.6 Å². The molecule has 6 heteroatoms. The lowest BCUT2D eigenvalue weighted by atomic mass is 10.2. The van der Waals surface area contributed by atoms with Crippen LogP contribution in [0.1, 0.15) is 22.5 Å². The topological polar surface area (TPSA) is 56.0 Å². The summed E-state index contributed by atoms with van der Waals surface area (Å²) in [6.45, 7) is 0. The fourth-order valence-electron chi connectivity index (χ4n) is 0.821. The number of hydrogen-bond donors (Lipinski definition) is 1. The lowest BCUT2D eigenvalue weighted by molar-refractivity contribution is 0.112.